The number of benzene rings is 1. The molecule has 0 aliphatic heterocycles. The van der Waals surface area contributed by atoms with Crippen LogP contribution < -0.4 is 4.74 Å². The van der Waals surface area contributed by atoms with Gasteiger partial charge in [0.25, 0.3) is 0 Å². The minimum Gasteiger partial charge on any atom is -0.491 e. The number of aromatic nitrogens is 2. The van der Waals surface area contributed by atoms with Crippen molar-refractivity contribution in [3.05, 3.63) is 48.0 Å². The van der Waals surface area contributed by atoms with Gasteiger partial charge in [0, 0.05) is 19.0 Å². The zero-order valence-electron chi connectivity index (χ0n) is 13.4. The summed E-state index contributed by atoms with van der Waals surface area (Å²) in [4.78, 5) is 4.31. The first-order valence-corrected chi connectivity index (χ1v) is 7.61. The summed E-state index contributed by atoms with van der Waals surface area (Å²) in [6.45, 7) is 7.20. The molecule has 1 aromatic heterocycles. The molecule has 0 fully saturated rings. The number of hydrogen-bond donors (Lipinski definition) is 1. The van der Waals surface area contributed by atoms with Crippen LogP contribution in [0.5, 0.6) is 5.75 Å². The van der Waals surface area contributed by atoms with Gasteiger partial charge in [0.1, 0.15) is 30.4 Å². The number of para-hydroxylation sites is 1. The SMILES string of the molecule is CCOC(C)c1nccn1CC(O)COc1ccccc1C. The number of rotatable bonds is 8. The number of aliphatic hydroxyl groups excluding tert-OH is 1. The van der Waals surface area contributed by atoms with Gasteiger partial charge in [-0.2, -0.15) is 0 Å². The van der Waals surface area contributed by atoms with Crippen molar-refractivity contribution in [3.63, 3.8) is 0 Å². The van der Waals surface area contributed by atoms with Crippen LogP contribution in [-0.2, 0) is 11.3 Å². The Kier molecular flexibility index (Phi) is 5.98. The highest BCUT2D eigenvalue weighted by Crippen LogP contribution is 2.17. The third-order valence-electron chi connectivity index (χ3n) is 3.46. The summed E-state index contributed by atoms with van der Waals surface area (Å²) in [7, 11) is 0. The molecule has 5 heteroatoms. The van der Waals surface area contributed by atoms with E-state index in [0.29, 0.717) is 13.2 Å². The molecule has 0 radical (unpaired) electrons. The van der Waals surface area contributed by atoms with E-state index in [-0.39, 0.29) is 12.7 Å². The lowest BCUT2D eigenvalue weighted by molar-refractivity contribution is 0.0597. The van der Waals surface area contributed by atoms with E-state index in [1.54, 1.807) is 6.20 Å². The van der Waals surface area contributed by atoms with Crippen LogP contribution in [0, 0.1) is 6.92 Å². The van der Waals surface area contributed by atoms with E-state index in [1.807, 2.05) is 55.8 Å². The summed E-state index contributed by atoms with van der Waals surface area (Å²) in [5.74, 6) is 1.62. The fourth-order valence-corrected chi connectivity index (χ4v) is 2.34. The van der Waals surface area contributed by atoms with Crippen molar-refractivity contribution < 1.29 is 14.6 Å². The smallest absolute Gasteiger partial charge is 0.137 e. The maximum absolute atomic E-state index is 10.2. The minimum atomic E-state index is -0.610. The van der Waals surface area contributed by atoms with Crippen LogP contribution in [0.3, 0.4) is 0 Å². The van der Waals surface area contributed by atoms with E-state index in [1.165, 1.54) is 0 Å². The Balaban J connectivity index is 1.91. The molecule has 22 heavy (non-hydrogen) atoms. The maximum Gasteiger partial charge on any atom is 0.137 e. The third-order valence-corrected chi connectivity index (χ3v) is 3.46. The fourth-order valence-electron chi connectivity index (χ4n) is 2.34. The average molecular weight is 304 g/mol. The topological polar surface area (TPSA) is 56.5 Å². The molecule has 0 saturated heterocycles. The van der Waals surface area contributed by atoms with Crippen molar-refractivity contribution in [2.75, 3.05) is 13.2 Å². The Morgan fingerprint density at radius 2 is 2.09 bits per heavy atom. The molecule has 2 unspecified atom stereocenters. The van der Waals surface area contributed by atoms with Crippen molar-refractivity contribution in [2.24, 2.45) is 0 Å². The molecule has 2 rings (SSSR count). The van der Waals surface area contributed by atoms with Crippen LogP contribution in [0.15, 0.2) is 36.7 Å². The summed E-state index contributed by atoms with van der Waals surface area (Å²) in [5.41, 5.74) is 1.06. The van der Waals surface area contributed by atoms with E-state index in [9.17, 15) is 5.11 Å². The fraction of sp³-hybridized carbons (Fsp3) is 0.471. The predicted octanol–water partition coefficient (Wildman–Crippen LogP) is 2.73. The van der Waals surface area contributed by atoms with Crippen molar-refractivity contribution in [1.29, 1.82) is 0 Å². The zero-order chi connectivity index (χ0) is 15.9. The van der Waals surface area contributed by atoms with E-state index in [0.717, 1.165) is 17.1 Å². The number of aliphatic hydroxyl groups is 1. The molecule has 1 heterocycles. The summed E-state index contributed by atoms with van der Waals surface area (Å²) in [6, 6.07) is 7.78. The first kappa shape index (κ1) is 16.5. The van der Waals surface area contributed by atoms with Crippen LogP contribution in [0.4, 0.5) is 0 Å². The van der Waals surface area contributed by atoms with Crippen molar-refractivity contribution >= 4 is 0 Å². The molecule has 2 aromatic rings. The second-order valence-corrected chi connectivity index (χ2v) is 5.27. The summed E-state index contributed by atoms with van der Waals surface area (Å²) >= 11 is 0. The first-order valence-electron chi connectivity index (χ1n) is 7.61. The lowest BCUT2D eigenvalue weighted by Gasteiger charge is -2.18. The highest BCUT2D eigenvalue weighted by Gasteiger charge is 2.15. The Morgan fingerprint density at radius 3 is 2.82 bits per heavy atom. The minimum absolute atomic E-state index is 0.0931. The third kappa shape index (κ3) is 4.32. The Labute approximate surface area is 131 Å². The van der Waals surface area contributed by atoms with Crippen molar-refractivity contribution in [2.45, 2.75) is 39.5 Å². The van der Waals surface area contributed by atoms with Gasteiger partial charge in [-0.3, -0.25) is 0 Å². The quantitative estimate of drug-likeness (QED) is 0.814. The van der Waals surface area contributed by atoms with Gasteiger partial charge in [-0.15, -0.1) is 0 Å². The molecule has 0 bridgehead atoms. The van der Waals surface area contributed by atoms with E-state index in [4.69, 9.17) is 9.47 Å². The monoisotopic (exact) mass is 304 g/mol. The maximum atomic E-state index is 10.2. The second kappa shape index (κ2) is 7.96. The number of aryl methyl sites for hydroxylation is 1. The molecule has 0 saturated carbocycles. The van der Waals surface area contributed by atoms with Crippen molar-refractivity contribution in [1.82, 2.24) is 9.55 Å². The predicted molar refractivity (Wildman–Crippen MR) is 84.9 cm³/mol. The van der Waals surface area contributed by atoms with Gasteiger partial charge >= 0.3 is 0 Å². The Morgan fingerprint density at radius 1 is 1.32 bits per heavy atom. The Hall–Kier alpha value is -1.85. The normalized spacial score (nSPS) is 13.8. The Bertz CT molecular complexity index is 583. The first-order chi connectivity index (χ1) is 10.6. The van der Waals surface area contributed by atoms with E-state index >= 15 is 0 Å². The molecule has 5 nitrogen and oxygen atoms in total. The van der Waals surface area contributed by atoms with Crippen LogP contribution in [0.2, 0.25) is 0 Å². The molecule has 1 N–H and O–H groups in total. The number of hydrogen-bond acceptors (Lipinski definition) is 4. The van der Waals surface area contributed by atoms with Gasteiger partial charge in [0.05, 0.1) is 6.54 Å². The highest BCUT2D eigenvalue weighted by atomic mass is 16.5. The molecule has 0 aliphatic carbocycles. The van der Waals surface area contributed by atoms with Crippen LogP contribution >= 0.6 is 0 Å². The molecule has 1 aromatic carbocycles. The van der Waals surface area contributed by atoms with Gasteiger partial charge in [-0.05, 0) is 32.4 Å². The summed E-state index contributed by atoms with van der Waals surface area (Å²) in [5, 5.41) is 10.2. The summed E-state index contributed by atoms with van der Waals surface area (Å²) in [6.07, 6.45) is 2.87. The second-order valence-electron chi connectivity index (χ2n) is 5.27. The van der Waals surface area contributed by atoms with E-state index in [2.05, 4.69) is 4.98 Å². The molecule has 0 aliphatic rings. The zero-order valence-corrected chi connectivity index (χ0v) is 13.4. The molecular formula is C17H24N2O3. The van der Waals surface area contributed by atoms with Gasteiger partial charge in [0.15, 0.2) is 0 Å². The highest BCUT2D eigenvalue weighted by molar-refractivity contribution is 5.31. The van der Waals surface area contributed by atoms with Gasteiger partial charge in [-0.25, -0.2) is 4.98 Å². The number of imidazole rings is 1. The van der Waals surface area contributed by atoms with Gasteiger partial charge in [-0.1, -0.05) is 18.2 Å². The lowest BCUT2D eigenvalue weighted by Crippen LogP contribution is -2.25. The van der Waals surface area contributed by atoms with Gasteiger partial charge < -0.3 is 19.1 Å². The number of nitrogens with zero attached hydrogens (tertiary/aromatic N) is 2. The van der Waals surface area contributed by atoms with Crippen LogP contribution in [0.1, 0.15) is 31.3 Å². The van der Waals surface area contributed by atoms with Crippen LogP contribution in [-0.4, -0.2) is 34.0 Å². The molecule has 120 valence electrons. The summed E-state index contributed by atoms with van der Waals surface area (Å²) < 4.78 is 13.1. The molecular weight excluding hydrogens is 280 g/mol. The standard InChI is InChI=1S/C17H24N2O3/c1-4-21-14(3)17-18-9-10-19(17)11-15(20)12-22-16-8-6-5-7-13(16)2/h5-10,14-15,20H,4,11-12H2,1-3H3. The van der Waals surface area contributed by atoms with E-state index < -0.39 is 6.10 Å². The largest absolute Gasteiger partial charge is 0.491 e. The molecule has 0 amide bonds. The number of ether oxygens (including phenoxy) is 2. The van der Waals surface area contributed by atoms with Crippen LogP contribution in [0.25, 0.3) is 0 Å². The lowest BCUT2D eigenvalue weighted by atomic mass is 10.2. The molecule has 0 spiro atoms. The average Bonchev–Trinajstić information content (AvgIpc) is 2.95. The molecule has 2 atom stereocenters. The van der Waals surface area contributed by atoms with Crippen molar-refractivity contribution in [3.8, 4) is 5.75 Å². The van der Waals surface area contributed by atoms with Gasteiger partial charge in [0.2, 0.25) is 0 Å².